The van der Waals surface area contributed by atoms with Gasteiger partial charge in [0.05, 0.1) is 30.5 Å². The van der Waals surface area contributed by atoms with Crippen LogP contribution in [0, 0.1) is 35.5 Å². The second-order valence-electron chi connectivity index (χ2n) is 18.1. The van der Waals surface area contributed by atoms with Crippen molar-refractivity contribution in [2.45, 2.75) is 173 Å². The molecule has 4 aliphatic rings. The molecule has 2 bridgehead atoms. The van der Waals surface area contributed by atoms with Crippen molar-refractivity contribution < 1.29 is 58.2 Å². The van der Waals surface area contributed by atoms with Crippen molar-refractivity contribution in [2.24, 2.45) is 41.2 Å². The van der Waals surface area contributed by atoms with Crippen LogP contribution >= 0.6 is 0 Å². The molecular formula is C44H74N2O12. The highest BCUT2D eigenvalue weighted by molar-refractivity contribution is 6.39. The van der Waals surface area contributed by atoms with Gasteiger partial charge in [-0.3, -0.25) is 14.4 Å². The molecule has 3 fully saturated rings. The van der Waals surface area contributed by atoms with E-state index in [2.05, 4.69) is 6.92 Å². The Balaban J connectivity index is 1.75. The number of nitrogens with zero attached hydrogens (tertiary/aromatic N) is 1. The van der Waals surface area contributed by atoms with Gasteiger partial charge in [-0.25, -0.2) is 4.79 Å². The van der Waals surface area contributed by atoms with Crippen LogP contribution in [0.2, 0.25) is 0 Å². The Morgan fingerprint density at radius 2 is 1.59 bits per heavy atom. The Morgan fingerprint density at radius 3 is 2.24 bits per heavy atom. The SMILES string of the molecule is COC1C[C@H](C)C/C(C)=C\C(CCCN)C(=O)C[C@H](O)C(C)C(C(C)C[C@@H]2CCC(O)[C@H](OC)C2)OC(=O)C2CCCCN2C(=O)C(=O)[C@]2(O)O[C@@H]1[C@@H](OC)C[C@H]2C. The van der Waals surface area contributed by atoms with E-state index < -0.39 is 83.9 Å². The molecule has 0 spiro atoms. The summed E-state index contributed by atoms with van der Waals surface area (Å²) in [4.78, 5) is 58.1. The Labute approximate surface area is 345 Å². The topological polar surface area (TPSA) is 204 Å². The number of allylic oxidation sites excluding steroid dienone is 2. The molecule has 1 amide bonds. The maximum atomic E-state index is 14.4. The van der Waals surface area contributed by atoms with Crippen LogP contribution in [-0.2, 0) is 42.9 Å². The molecule has 3 aliphatic heterocycles. The smallest absolute Gasteiger partial charge is 0.329 e. The van der Waals surface area contributed by atoms with Crippen molar-refractivity contribution in [3.8, 4) is 0 Å². The number of piperidine rings is 1. The van der Waals surface area contributed by atoms with E-state index in [1.807, 2.05) is 19.9 Å². The molecule has 0 aromatic heterocycles. The molecule has 0 aromatic carbocycles. The zero-order chi connectivity index (χ0) is 42.9. The van der Waals surface area contributed by atoms with Crippen molar-refractivity contribution in [1.82, 2.24) is 4.90 Å². The Bertz CT molecular complexity index is 1410. The van der Waals surface area contributed by atoms with Crippen molar-refractivity contribution >= 4 is 23.4 Å². The lowest BCUT2D eigenvalue weighted by molar-refractivity contribution is -0.302. The summed E-state index contributed by atoms with van der Waals surface area (Å²) >= 11 is 0. The van der Waals surface area contributed by atoms with Crippen LogP contribution in [0.3, 0.4) is 0 Å². The second-order valence-corrected chi connectivity index (χ2v) is 18.1. The lowest BCUT2D eigenvalue weighted by atomic mass is 9.76. The van der Waals surface area contributed by atoms with E-state index in [-0.39, 0.29) is 55.4 Å². The van der Waals surface area contributed by atoms with Gasteiger partial charge in [0.1, 0.15) is 24.0 Å². The Kier molecular flexibility index (Phi) is 18.3. The summed E-state index contributed by atoms with van der Waals surface area (Å²) in [5.41, 5.74) is 6.87. The first kappa shape index (κ1) is 48.4. The number of Topliss-reactive ketones (excluding diaryl/α,β-unsaturated/α-hetero) is 2. The third-order valence-electron chi connectivity index (χ3n) is 13.6. The summed E-state index contributed by atoms with van der Waals surface area (Å²) < 4.78 is 29.9. The zero-order valence-corrected chi connectivity index (χ0v) is 36.3. The summed E-state index contributed by atoms with van der Waals surface area (Å²) in [6, 6.07) is -1.12. The number of carbonyl (C=O) groups is 4. The minimum atomic E-state index is -2.50. The predicted molar refractivity (Wildman–Crippen MR) is 216 cm³/mol. The molecule has 4 rings (SSSR count). The van der Waals surface area contributed by atoms with Crippen LogP contribution in [0.15, 0.2) is 11.6 Å². The van der Waals surface area contributed by atoms with Crippen LogP contribution in [0.25, 0.3) is 0 Å². The molecule has 5 N–H and O–H groups in total. The molecule has 3 heterocycles. The van der Waals surface area contributed by atoms with Gasteiger partial charge < -0.3 is 49.6 Å². The van der Waals surface area contributed by atoms with E-state index >= 15 is 0 Å². The lowest BCUT2D eigenvalue weighted by Crippen LogP contribution is -2.64. The Morgan fingerprint density at radius 1 is 0.914 bits per heavy atom. The first-order valence-corrected chi connectivity index (χ1v) is 21.8. The summed E-state index contributed by atoms with van der Waals surface area (Å²) in [6.07, 6.45) is 3.25. The number of hydrogen-bond donors (Lipinski definition) is 4. The van der Waals surface area contributed by atoms with Gasteiger partial charge in [0.15, 0.2) is 0 Å². The van der Waals surface area contributed by atoms with Gasteiger partial charge in [0.25, 0.3) is 11.7 Å². The number of fused-ring (bicyclic) bond motifs is 3. The number of aliphatic hydroxyl groups excluding tert-OH is 2. The summed E-state index contributed by atoms with van der Waals surface area (Å²) in [6.45, 7) is 9.91. The van der Waals surface area contributed by atoms with Gasteiger partial charge in [-0.2, -0.15) is 0 Å². The fourth-order valence-electron chi connectivity index (χ4n) is 10.1. The quantitative estimate of drug-likeness (QED) is 0.148. The number of esters is 1. The number of ketones is 2. The van der Waals surface area contributed by atoms with E-state index in [9.17, 15) is 34.5 Å². The fraction of sp³-hybridized carbons (Fsp3) is 0.864. The molecule has 0 aromatic rings. The minimum absolute atomic E-state index is 0.0168. The molecule has 14 nitrogen and oxygen atoms in total. The molecular weight excluding hydrogens is 748 g/mol. The Hall–Kier alpha value is -2.30. The number of amides is 1. The van der Waals surface area contributed by atoms with E-state index in [4.69, 9.17) is 29.4 Å². The number of nitrogens with two attached hydrogens (primary N) is 1. The van der Waals surface area contributed by atoms with Crippen molar-refractivity contribution in [1.29, 1.82) is 0 Å². The number of cyclic esters (lactones) is 1. The lowest BCUT2D eigenvalue weighted by Gasteiger charge is -2.47. The van der Waals surface area contributed by atoms with Gasteiger partial charge in [-0.15, -0.1) is 0 Å². The van der Waals surface area contributed by atoms with Crippen LogP contribution in [-0.4, -0.2) is 133 Å². The molecule has 332 valence electrons. The molecule has 1 aliphatic carbocycles. The zero-order valence-electron chi connectivity index (χ0n) is 36.3. The van der Waals surface area contributed by atoms with Gasteiger partial charge in [-0.1, -0.05) is 39.3 Å². The normalized spacial score (nSPS) is 40.8. The number of carbonyl (C=O) groups excluding carboxylic acids is 4. The fourth-order valence-corrected chi connectivity index (χ4v) is 10.1. The summed E-state index contributed by atoms with van der Waals surface area (Å²) in [7, 11) is 4.65. The molecule has 0 radical (unpaired) electrons. The molecule has 7 unspecified atom stereocenters. The van der Waals surface area contributed by atoms with Crippen LogP contribution in [0.1, 0.15) is 118 Å². The number of hydrogen-bond acceptors (Lipinski definition) is 13. The van der Waals surface area contributed by atoms with Crippen molar-refractivity contribution in [3.05, 3.63) is 11.6 Å². The van der Waals surface area contributed by atoms with Crippen LogP contribution in [0.4, 0.5) is 0 Å². The largest absolute Gasteiger partial charge is 0.460 e. The van der Waals surface area contributed by atoms with Crippen LogP contribution < -0.4 is 5.73 Å². The van der Waals surface area contributed by atoms with Gasteiger partial charge >= 0.3 is 5.97 Å². The average molecular weight is 823 g/mol. The third-order valence-corrected chi connectivity index (χ3v) is 13.6. The standard InChI is InChI=1S/C44H74N2O12/c1-25-18-26(2)20-37(55-7)40-38(56-8)22-28(4)44(53,58-40)41(50)42(51)46-17-10-9-13-32(46)43(52)57-39(27(3)21-30-14-15-33(47)36(23-30)54-6)29(5)34(48)24-35(49)31(19-25)12-11-16-45/h19,26-34,36-40,47-48,53H,9-18,20-24,45H2,1-8H3/b25-19-/t26-,27?,28-,29?,30+,31?,32?,33?,34+,36-,37?,38+,39?,40+,44-/m1/s1. The number of rotatable bonds is 9. The van der Waals surface area contributed by atoms with E-state index in [0.29, 0.717) is 64.3 Å². The maximum absolute atomic E-state index is 14.4. The van der Waals surface area contributed by atoms with Gasteiger partial charge in [0.2, 0.25) is 5.79 Å². The van der Waals surface area contributed by atoms with Gasteiger partial charge in [0, 0.05) is 52.0 Å². The molecule has 15 atom stereocenters. The third kappa shape index (κ3) is 11.7. The molecule has 1 saturated carbocycles. The van der Waals surface area contributed by atoms with E-state index in [0.717, 1.165) is 12.0 Å². The minimum Gasteiger partial charge on any atom is -0.460 e. The molecule has 58 heavy (non-hydrogen) atoms. The highest BCUT2D eigenvalue weighted by Crippen LogP contribution is 2.40. The molecule has 14 heteroatoms. The first-order chi connectivity index (χ1) is 27.5. The average Bonchev–Trinajstić information content (AvgIpc) is 3.20. The van der Waals surface area contributed by atoms with E-state index in [1.165, 1.54) is 19.1 Å². The predicted octanol–water partition coefficient (Wildman–Crippen LogP) is 3.88. The first-order valence-electron chi connectivity index (χ1n) is 21.8. The highest BCUT2D eigenvalue weighted by Gasteiger charge is 2.56. The van der Waals surface area contributed by atoms with E-state index in [1.54, 1.807) is 21.0 Å². The number of methoxy groups -OCH3 is 3. The number of ether oxygens (including phenoxy) is 5. The van der Waals surface area contributed by atoms with Crippen molar-refractivity contribution in [3.63, 3.8) is 0 Å². The summed E-state index contributed by atoms with van der Waals surface area (Å²) in [5, 5.41) is 34.3. The van der Waals surface area contributed by atoms with Gasteiger partial charge in [-0.05, 0) is 108 Å². The number of aliphatic hydroxyl groups is 3. The van der Waals surface area contributed by atoms with Crippen LogP contribution in [0.5, 0.6) is 0 Å². The summed E-state index contributed by atoms with van der Waals surface area (Å²) in [5.74, 6) is -7.62. The maximum Gasteiger partial charge on any atom is 0.329 e. The van der Waals surface area contributed by atoms with Crippen molar-refractivity contribution in [2.75, 3.05) is 34.4 Å². The monoisotopic (exact) mass is 823 g/mol. The molecule has 2 saturated heterocycles. The highest BCUT2D eigenvalue weighted by atomic mass is 16.7. The second kappa shape index (κ2) is 22.0.